The van der Waals surface area contributed by atoms with E-state index in [4.69, 9.17) is 5.73 Å². The van der Waals surface area contributed by atoms with Gasteiger partial charge in [0.15, 0.2) is 0 Å². The maximum absolute atomic E-state index is 10.8. The van der Waals surface area contributed by atoms with E-state index in [2.05, 4.69) is 0 Å². The molecule has 1 amide bonds. The normalized spacial score (nSPS) is 16.5. The molecule has 11 heavy (non-hydrogen) atoms. The molecule has 3 N–H and O–H groups in total. The van der Waals surface area contributed by atoms with Crippen molar-refractivity contribution in [1.29, 1.82) is 0 Å². The number of hydrogen-bond donors (Lipinski definition) is 2. The molecule has 0 radical (unpaired) electrons. The number of amides is 1. The maximum Gasteiger partial charge on any atom is 0.249 e. The molecule has 0 fully saturated rings. The topological polar surface area (TPSA) is 63.3 Å². The number of carbonyl (C=O) groups excluding carboxylic acids is 1. The Labute approximate surface area is 67.6 Å². The molecule has 0 saturated carbocycles. The Hall–Kier alpha value is -0.570. The number of hydrogen-bond acceptors (Lipinski definition) is 2. The first-order chi connectivity index (χ1) is 4.96. The number of nitrogens with two attached hydrogens (primary N) is 1. The van der Waals surface area contributed by atoms with Crippen molar-refractivity contribution in [2.45, 2.75) is 39.2 Å². The van der Waals surface area contributed by atoms with Crippen LogP contribution in [0.1, 0.15) is 33.6 Å². The summed E-state index contributed by atoms with van der Waals surface area (Å²) in [7, 11) is 0. The summed E-state index contributed by atoms with van der Waals surface area (Å²) in [6.07, 6.45) is 1.54. The van der Waals surface area contributed by atoms with Gasteiger partial charge in [0.2, 0.25) is 5.91 Å². The Morgan fingerprint density at radius 1 is 1.55 bits per heavy atom. The summed E-state index contributed by atoms with van der Waals surface area (Å²) in [5.74, 6) is -0.661. The molecule has 0 aromatic carbocycles. The van der Waals surface area contributed by atoms with Gasteiger partial charge in [0, 0.05) is 0 Å². The minimum atomic E-state index is -1.34. The molecule has 0 spiro atoms. The predicted molar refractivity (Wildman–Crippen MR) is 43.9 cm³/mol. The summed E-state index contributed by atoms with van der Waals surface area (Å²) in [6.45, 7) is 5.35. The van der Waals surface area contributed by atoms with Crippen molar-refractivity contribution in [3.05, 3.63) is 0 Å². The van der Waals surface area contributed by atoms with Gasteiger partial charge in [-0.05, 0) is 12.8 Å². The lowest BCUT2D eigenvalue weighted by atomic mass is 9.84. The van der Waals surface area contributed by atoms with E-state index in [0.717, 1.165) is 12.8 Å². The van der Waals surface area contributed by atoms with Crippen LogP contribution < -0.4 is 5.73 Å². The lowest BCUT2D eigenvalue weighted by Gasteiger charge is -2.27. The van der Waals surface area contributed by atoms with E-state index >= 15 is 0 Å². The van der Waals surface area contributed by atoms with Gasteiger partial charge in [0.1, 0.15) is 5.60 Å². The van der Waals surface area contributed by atoms with Gasteiger partial charge in [-0.1, -0.05) is 26.7 Å². The minimum Gasteiger partial charge on any atom is -0.380 e. The highest BCUT2D eigenvalue weighted by Crippen LogP contribution is 2.22. The van der Waals surface area contributed by atoms with Crippen LogP contribution in [0.3, 0.4) is 0 Å². The summed E-state index contributed by atoms with van der Waals surface area (Å²) in [5.41, 5.74) is 3.69. The average Bonchev–Trinajstić information content (AvgIpc) is 1.89. The SMILES string of the molecule is CCC(CC)C(C)(O)C(N)=O. The smallest absolute Gasteiger partial charge is 0.249 e. The van der Waals surface area contributed by atoms with Crippen molar-refractivity contribution in [3.63, 3.8) is 0 Å². The predicted octanol–water partition coefficient (Wildman–Crippen LogP) is 0.659. The fourth-order valence-electron chi connectivity index (χ4n) is 1.28. The molecule has 1 atom stereocenters. The monoisotopic (exact) mass is 159 g/mol. The Morgan fingerprint density at radius 3 is 2.00 bits per heavy atom. The van der Waals surface area contributed by atoms with E-state index in [1.807, 2.05) is 13.8 Å². The van der Waals surface area contributed by atoms with Crippen LogP contribution in [0.5, 0.6) is 0 Å². The standard InChI is InChI=1S/C8H17NO2/c1-4-6(5-2)8(3,11)7(9)10/h6,11H,4-5H2,1-3H3,(H2,9,10). The summed E-state index contributed by atoms with van der Waals surface area (Å²) in [5, 5.41) is 9.58. The first kappa shape index (κ1) is 10.4. The molecule has 1 unspecified atom stereocenters. The molecule has 0 rings (SSSR count). The van der Waals surface area contributed by atoms with Crippen LogP contribution in [-0.2, 0) is 4.79 Å². The van der Waals surface area contributed by atoms with Gasteiger partial charge < -0.3 is 10.8 Å². The summed E-state index contributed by atoms with van der Waals surface area (Å²) >= 11 is 0. The molecular formula is C8H17NO2. The van der Waals surface area contributed by atoms with E-state index in [-0.39, 0.29) is 5.92 Å². The third-order valence-electron chi connectivity index (χ3n) is 2.28. The van der Waals surface area contributed by atoms with Crippen molar-refractivity contribution < 1.29 is 9.90 Å². The van der Waals surface area contributed by atoms with Crippen molar-refractivity contribution in [3.8, 4) is 0 Å². The molecular weight excluding hydrogens is 142 g/mol. The van der Waals surface area contributed by atoms with E-state index in [1.54, 1.807) is 0 Å². The first-order valence-electron chi connectivity index (χ1n) is 3.99. The molecule has 3 nitrogen and oxygen atoms in total. The molecule has 0 aliphatic rings. The van der Waals surface area contributed by atoms with Crippen LogP contribution in [0.2, 0.25) is 0 Å². The maximum atomic E-state index is 10.8. The lowest BCUT2D eigenvalue weighted by Crippen LogP contribution is -2.46. The van der Waals surface area contributed by atoms with Gasteiger partial charge in [-0.2, -0.15) is 0 Å². The number of aliphatic hydroxyl groups is 1. The van der Waals surface area contributed by atoms with Gasteiger partial charge in [-0.3, -0.25) is 4.79 Å². The zero-order valence-electron chi connectivity index (χ0n) is 7.42. The van der Waals surface area contributed by atoms with Gasteiger partial charge in [-0.25, -0.2) is 0 Å². The lowest BCUT2D eigenvalue weighted by molar-refractivity contribution is -0.140. The molecule has 0 bridgehead atoms. The molecule has 0 saturated heterocycles. The van der Waals surface area contributed by atoms with E-state index in [9.17, 15) is 9.90 Å². The number of primary amides is 1. The second-order valence-corrected chi connectivity index (χ2v) is 3.03. The fraction of sp³-hybridized carbons (Fsp3) is 0.875. The first-order valence-corrected chi connectivity index (χ1v) is 3.99. The molecule has 0 aliphatic carbocycles. The van der Waals surface area contributed by atoms with Crippen LogP contribution in [0.15, 0.2) is 0 Å². The second-order valence-electron chi connectivity index (χ2n) is 3.03. The van der Waals surface area contributed by atoms with Crippen LogP contribution in [-0.4, -0.2) is 16.6 Å². The van der Waals surface area contributed by atoms with Gasteiger partial charge in [0.25, 0.3) is 0 Å². The quantitative estimate of drug-likeness (QED) is 0.633. The highest BCUT2D eigenvalue weighted by atomic mass is 16.3. The Bertz CT molecular complexity index is 139. The molecule has 0 aliphatic heterocycles. The van der Waals surface area contributed by atoms with Crippen molar-refractivity contribution in [1.82, 2.24) is 0 Å². The molecule has 0 aromatic heterocycles. The summed E-state index contributed by atoms with van der Waals surface area (Å²) < 4.78 is 0. The highest BCUT2D eigenvalue weighted by molar-refractivity contribution is 5.82. The van der Waals surface area contributed by atoms with E-state index in [0.29, 0.717) is 0 Å². The van der Waals surface area contributed by atoms with Crippen molar-refractivity contribution >= 4 is 5.91 Å². The highest BCUT2D eigenvalue weighted by Gasteiger charge is 2.34. The Balaban J connectivity index is 4.36. The number of carbonyl (C=O) groups is 1. The van der Waals surface area contributed by atoms with Gasteiger partial charge in [0.05, 0.1) is 0 Å². The molecule has 0 aromatic rings. The van der Waals surface area contributed by atoms with Crippen molar-refractivity contribution in [2.24, 2.45) is 11.7 Å². The molecule has 0 heterocycles. The number of rotatable bonds is 4. The molecule has 66 valence electrons. The Morgan fingerprint density at radius 2 is 1.91 bits per heavy atom. The van der Waals surface area contributed by atoms with Crippen LogP contribution in [0.25, 0.3) is 0 Å². The van der Waals surface area contributed by atoms with Crippen LogP contribution >= 0.6 is 0 Å². The zero-order chi connectivity index (χ0) is 9.07. The zero-order valence-corrected chi connectivity index (χ0v) is 7.42. The minimum absolute atomic E-state index is 0.0278. The van der Waals surface area contributed by atoms with Gasteiger partial charge >= 0.3 is 0 Å². The third-order valence-corrected chi connectivity index (χ3v) is 2.28. The fourth-order valence-corrected chi connectivity index (χ4v) is 1.28. The average molecular weight is 159 g/mol. The van der Waals surface area contributed by atoms with Crippen LogP contribution in [0, 0.1) is 5.92 Å². The summed E-state index contributed by atoms with van der Waals surface area (Å²) in [4.78, 5) is 10.8. The molecule has 3 heteroatoms. The van der Waals surface area contributed by atoms with Crippen molar-refractivity contribution in [2.75, 3.05) is 0 Å². The Kier molecular flexibility index (Phi) is 3.52. The van der Waals surface area contributed by atoms with Crippen LogP contribution in [0.4, 0.5) is 0 Å². The largest absolute Gasteiger partial charge is 0.380 e. The summed E-state index contributed by atoms with van der Waals surface area (Å²) in [6, 6.07) is 0. The van der Waals surface area contributed by atoms with E-state index < -0.39 is 11.5 Å². The van der Waals surface area contributed by atoms with Gasteiger partial charge in [-0.15, -0.1) is 0 Å². The van der Waals surface area contributed by atoms with E-state index in [1.165, 1.54) is 6.92 Å². The second kappa shape index (κ2) is 3.72. The third kappa shape index (κ3) is 2.19.